The van der Waals surface area contributed by atoms with Crippen LogP contribution in [0.1, 0.15) is 23.7 Å². The molecule has 0 unspecified atom stereocenters. The third-order valence-electron chi connectivity index (χ3n) is 4.69. The van der Waals surface area contributed by atoms with Gasteiger partial charge in [0.2, 0.25) is 0 Å². The minimum atomic E-state index is -0.247. The normalized spacial score (nSPS) is 14.1. The Morgan fingerprint density at radius 3 is 2.43 bits per heavy atom. The Morgan fingerprint density at radius 2 is 1.82 bits per heavy atom. The lowest BCUT2D eigenvalue weighted by molar-refractivity contribution is 0.0746. The highest BCUT2D eigenvalue weighted by Gasteiger charge is 2.24. The fraction of sp³-hybridized carbons (Fsp3) is 0.381. The third-order valence-corrected chi connectivity index (χ3v) is 5.27. The minimum absolute atomic E-state index is 0.0419. The summed E-state index contributed by atoms with van der Waals surface area (Å²) in [5.41, 5.74) is 1.53. The van der Waals surface area contributed by atoms with Crippen LogP contribution in [0.3, 0.4) is 0 Å². The fourth-order valence-electron chi connectivity index (χ4n) is 3.19. The van der Waals surface area contributed by atoms with E-state index in [4.69, 9.17) is 9.47 Å². The van der Waals surface area contributed by atoms with E-state index in [1.165, 1.54) is 12.1 Å². The molecule has 1 heterocycles. The number of amides is 1. The zero-order chi connectivity index (χ0) is 20.1. The summed E-state index contributed by atoms with van der Waals surface area (Å²) in [5.74, 6) is 0.862. The lowest BCUT2D eigenvalue weighted by Gasteiger charge is -2.36. The van der Waals surface area contributed by atoms with Crippen LogP contribution >= 0.6 is 15.9 Å². The molecule has 1 saturated heterocycles. The second-order valence-corrected chi connectivity index (χ2v) is 7.45. The summed E-state index contributed by atoms with van der Waals surface area (Å²) in [6.45, 7) is 5.21. The Hall–Kier alpha value is -2.28. The van der Waals surface area contributed by atoms with Gasteiger partial charge in [0, 0.05) is 37.4 Å². The van der Waals surface area contributed by atoms with E-state index in [0.29, 0.717) is 54.3 Å². The van der Waals surface area contributed by atoms with Gasteiger partial charge in [0.25, 0.3) is 5.91 Å². The number of rotatable bonds is 6. The minimum Gasteiger partial charge on any atom is -0.493 e. The van der Waals surface area contributed by atoms with Crippen molar-refractivity contribution in [3.05, 3.63) is 52.3 Å². The first-order valence-corrected chi connectivity index (χ1v) is 10.1. The van der Waals surface area contributed by atoms with Gasteiger partial charge in [0.1, 0.15) is 5.82 Å². The molecule has 0 atom stereocenters. The van der Waals surface area contributed by atoms with Gasteiger partial charge in [-0.25, -0.2) is 4.39 Å². The second kappa shape index (κ2) is 9.28. The quantitative estimate of drug-likeness (QED) is 0.655. The van der Waals surface area contributed by atoms with Crippen molar-refractivity contribution in [3.8, 4) is 11.5 Å². The van der Waals surface area contributed by atoms with Crippen molar-refractivity contribution in [3.63, 3.8) is 0 Å². The summed E-state index contributed by atoms with van der Waals surface area (Å²) >= 11 is 3.49. The van der Waals surface area contributed by atoms with Crippen molar-refractivity contribution in [1.82, 2.24) is 4.90 Å². The van der Waals surface area contributed by atoms with Crippen LogP contribution in [0.4, 0.5) is 10.1 Å². The van der Waals surface area contributed by atoms with Gasteiger partial charge in [-0.05, 0) is 58.7 Å². The van der Waals surface area contributed by atoms with Crippen LogP contribution in [0.5, 0.6) is 11.5 Å². The maximum Gasteiger partial charge on any atom is 0.254 e. The molecule has 0 bridgehead atoms. The fourth-order valence-corrected chi connectivity index (χ4v) is 3.75. The molecule has 0 aromatic heterocycles. The summed E-state index contributed by atoms with van der Waals surface area (Å²) in [6.07, 6.45) is 0.884. The monoisotopic (exact) mass is 450 g/mol. The number of piperazine rings is 1. The van der Waals surface area contributed by atoms with Gasteiger partial charge in [0.05, 0.1) is 18.2 Å². The summed E-state index contributed by atoms with van der Waals surface area (Å²) in [4.78, 5) is 17.0. The van der Waals surface area contributed by atoms with Crippen molar-refractivity contribution in [1.29, 1.82) is 0 Å². The average molecular weight is 451 g/mol. The number of hydrogen-bond acceptors (Lipinski definition) is 4. The van der Waals surface area contributed by atoms with Crippen molar-refractivity contribution in [2.75, 3.05) is 44.8 Å². The zero-order valence-corrected chi connectivity index (χ0v) is 17.7. The molecular formula is C21H24BrFN2O3. The Labute approximate surface area is 173 Å². The molecule has 0 saturated carbocycles. The van der Waals surface area contributed by atoms with Crippen LogP contribution in [-0.2, 0) is 0 Å². The SMILES string of the molecule is CCCOc1c(Br)cc(C(=O)N2CCN(c3ccc(F)cc3)CC2)cc1OC. The van der Waals surface area contributed by atoms with Crippen LogP contribution in [0.15, 0.2) is 40.9 Å². The highest BCUT2D eigenvalue weighted by molar-refractivity contribution is 9.10. The molecule has 1 aliphatic rings. The third kappa shape index (κ3) is 4.58. The van der Waals surface area contributed by atoms with Crippen LogP contribution < -0.4 is 14.4 Å². The van der Waals surface area contributed by atoms with E-state index in [1.807, 2.05) is 11.8 Å². The van der Waals surface area contributed by atoms with Gasteiger partial charge >= 0.3 is 0 Å². The van der Waals surface area contributed by atoms with E-state index in [0.717, 1.165) is 12.1 Å². The maximum absolute atomic E-state index is 13.1. The van der Waals surface area contributed by atoms with Gasteiger partial charge in [-0.15, -0.1) is 0 Å². The molecule has 3 rings (SSSR count). The van der Waals surface area contributed by atoms with Crippen molar-refractivity contribution in [2.45, 2.75) is 13.3 Å². The summed E-state index contributed by atoms with van der Waals surface area (Å²) in [5, 5.41) is 0. The van der Waals surface area contributed by atoms with Gasteiger partial charge in [-0.1, -0.05) is 6.92 Å². The number of nitrogens with zero attached hydrogens (tertiary/aromatic N) is 2. The van der Waals surface area contributed by atoms with E-state index >= 15 is 0 Å². The van der Waals surface area contributed by atoms with E-state index in [9.17, 15) is 9.18 Å². The smallest absolute Gasteiger partial charge is 0.254 e. The molecule has 1 aliphatic heterocycles. The maximum atomic E-state index is 13.1. The second-order valence-electron chi connectivity index (χ2n) is 6.59. The highest BCUT2D eigenvalue weighted by atomic mass is 79.9. The molecule has 1 amide bonds. The number of carbonyl (C=O) groups excluding carboxylic acids is 1. The molecule has 2 aromatic carbocycles. The molecule has 5 nitrogen and oxygen atoms in total. The number of methoxy groups -OCH3 is 1. The predicted molar refractivity (Wildman–Crippen MR) is 111 cm³/mol. The van der Waals surface area contributed by atoms with E-state index in [1.54, 1.807) is 31.4 Å². The van der Waals surface area contributed by atoms with Crippen molar-refractivity contribution >= 4 is 27.5 Å². The largest absolute Gasteiger partial charge is 0.493 e. The van der Waals surface area contributed by atoms with Gasteiger partial charge in [0.15, 0.2) is 11.5 Å². The Kier molecular flexibility index (Phi) is 6.78. The molecule has 150 valence electrons. The first-order chi connectivity index (χ1) is 13.5. The number of carbonyl (C=O) groups is 1. The molecule has 2 aromatic rings. The van der Waals surface area contributed by atoms with E-state index in [-0.39, 0.29) is 11.7 Å². The number of benzene rings is 2. The van der Waals surface area contributed by atoms with Crippen LogP contribution in [-0.4, -0.2) is 50.7 Å². The first kappa shape index (κ1) is 20.5. The molecule has 0 spiro atoms. The summed E-state index contributed by atoms with van der Waals surface area (Å²) in [7, 11) is 1.57. The summed E-state index contributed by atoms with van der Waals surface area (Å²) in [6, 6.07) is 9.96. The molecule has 28 heavy (non-hydrogen) atoms. The number of hydrogen-bond donors (Lipinski definition) is 0. The van der Waals surface area contributed by atoms with Gasteiger partial charge in [-0.3, -0.25) is 4.79 Å². The molecule has 0 aliphatic carbocycles. The molecule has 0 radical (unpaired) electrons. The molecular weight excluding hydrogens is 427 g/mol. The van der Waals surface area contributed by atoms with Crippen molar-refractivity contribution < 1.29 is 18.7 Å². The predicted octanol–water partition coefficient (Wildman–Crippen LogP) is 4.35. The standard InChI is InChI=1S/C21H24BrFN2O3/c1-3-12-28-20-18(22)13-15(14-19(20)27-2)21(26)25-10-8-24(9-11-25)17-6-4-16(23)5-7-17/h4-7,13-14H,3,8-12H2,1-2H3. The first-order valence-electron chi connectivity index (χ1n) is 9.33. The Bertz CT molecular complexity index is 821. The van der Waals surface area contributed by atoms with Gasteiger partial charge in [-0.2, -0.15) is 0 Å². The number of halogens is 2. The number of ether oxygens (including phenoxy) is 2. The molecule has 7 heteroatoms. The molecule has 0 N–H and O–H groups in total. The zero-order valence-electron chi connectivity index (χ0n) is 16.1. The van der Waals surface area contributed by atoms with Gasteiger partial charge < -0.3 is 19.3 Å². The Morgan fingerprint density at radius 1 is 1.14 bits per heavy atom. The van der Waals surface area contributed by atoms with Crippen LogP contribution in [0.2, 0.25) is 0 Å². The van der Waals surface area contributed by atoms with Crippen molar-refractivity contribution in [2.24, 2.45) is 0 Å². The number of anilines is 1. The highest BCUT2D eigenvalue weighted by Crippen LogP contribution is 2.37. The average Bonchev–Trinajstić information content (AvgIpc) is 2.72. The van der Waals surface area contributed by atoms with E-state index < -0.39 is 0 Å². The van der Waals surface area contributed by atoms with Crippen LogP contribution in [0.25, 0.3) is 0 Å². The lowest BCUT2D eigenvalue weighted by atomic mass is 10.1. The van der Waals surface area contributed by atoms with E-state index in [2.05, 4.69) is 20.8 Å². The van der Waals surface area contributed by atoms with Crippen LogP contribution in [0, 0.1) is 5.82 Å². The molecule has 1 fully saturated rings. The topological polar surface area (TPSA) is 42.0 Å². The summed E-state index contributed by atoms with van der Waals surface area (Å²) < 4.78 is 25.0. The lowest BCUT2D eigenvalue weighted by Crippen LogP contribution is -2.48. The Balaban J connectivity index is 1.69.